The molecule has 2 N–H and O–H groups in total. The Morgan fingerprint density at radius 1 is 1.24 bits per heavy atom. The summed E-state index contributed by atoms with van der Waals surface area (Å²) in [7, 11) is 0. The lowest BCUT2D eigenvalue weighted by Gasteiger charge is -2.08. The van der Waals surface area contributed by atoms with Crippen molar-refractivity contribution in [1.82, 2.24) is 0 Å². The number of hydrogen-bond acceptors (Lipinski definition) is 4. The molecular formula is C13H24O4. The van der Waals surface area contributed by atoms with Gasteiger partial charge in [-0.05, 0) is 19.3 Å². The number of unbranched alkanes of at least 4 members (excludes halogenated alkanes) is 5. The molecule has 0 saturated carbocycles. The van der Waals surface area contributed by atoms with E-state index in [2.05, 4.69) is 6.58 Å². The molecule has 0 heterocycles. The molecule has 1 atom stereocenters. The molecule has 4 heteroatoms. The van der Waals surface area contributed by atoms with E-state index in [0.717, 1.165) is 32.1 Å². The van der Waals surface area contributed by atoms with Crippen molar-refractivity contribution in [3.8, 4) is 0 Å². The van der Waals surface area contributed by atoms with E-state index in [1.54, 1.807) is 0 Å². The van der Waals surface area contributed by atoms with Crippen LogP contribution in [0.3, 0.4) is 0 Å². The Morgan fingerprint density at radius 2 is 1.88 bits per heavy atom. The van der Waals surface area contributed by atoms with Crippen LogP contribution in [0.15, 0.2) is 12.7 Å². The van der Waals surface area contributed by atoms with Crippen molar-refractivity contribution in [2.45, 2.75) is 51.0 Å². The largest absolute Gasteiger partial charge is 0.463 e. The van der Waals surface area contributed by atoms with Crippen LogP contribution >= 0.6 is 0 Å². The van der Waals surface area contributed by atoms with Crippen molar-refractivity contribution in [2.75, 3.05) is 13.2 Å². The average Bonchev–Trinajstić information content (AvgIpc) is 2.34. The quantitative estimate of drug-likeness (QED) is 0.330. The molecule has 0 spiro atoms. The smallest absolute Gasteiger partial charge is 0.305 e. The van der Waals surface area contributed by atoms with E-state index in [1.807, 2.05) is 6.08 Å². The predicted octanol–water partition coefficient (Wildman–Crippen LogP) is 1.80. The third-order valence-electron chi connectivity index (χ3n) is 2.44. The molecule has 0 aromatic carbocycles. The van der Waals surface area contributed by atoms with Gasteiger partial charge in [-0.2, -0.15) is 0 Å². The molecule has 0 amide bonds. The number of hydrogen-bond donors (Lipinski definition) is 2. The van der Waals surface area contributed by atoms with E-state index in [-0.39, 0.29) is 19.2 Å². The first-order chi connectivity index (χ1) is 8.20. The summed E-state index contributed by atoms with van der Waals surface area (Å²) in [4.78, 5) is 11.2. The molecule has 0 aromatic rings. The Hall–Kier alpha value is -0.870. The number of aliphatic hydroxyl groups excluding tert-OH is 2. The highest BCUT2D eigenvalue weighted by Gasteiger charge is 2.07. The molecule has 0 rings (SSSR count). The van der Waals surface area contributed by atoms with Gasteiger partial charge in [-0.25, -0.2) is 0 Å². The molecule has 0 aromatic heterocycles. The average molecular weight is 244 g/mol. The maximum Gasteiger partial charge on any atom is 0.305 e. The third-order valence-corrected chi connectivity index (χ3v) is 2.44. The maximum atomic E-state index is 11.2. The summed E-state index contributed by atoms with van der Waals surface area (Å²) in [5, 5.41) is 17.5. The molecule has 0 bridgehead atoms. The summed E-state index contributed by atoms with van der Waals surface area (Å²) in [5.41, 5.74) is 0. The fourth-order valence-corrected chi connectivity index (χ4v) is 1.40. The monoisotopic (exact) mass is 244 g/mol. The molecular weight excluding hydrogens is 220 g/mol. The summed E-state index contributed by atoms with van der Waals surface area (Å²) in [6.07, 6.45) is 7.71. The van der Waals surface area contributed by atoms with Gasteiger partial charge in [-0.1, -0.05) is 25.3 Å². The van der Waals surface area contributed by atoms with Gasteiger partial charge in [-0.3, -0.25) is 4.79 Å². The molecule has 100 valence electrons. The number of rotatable bonds is 11. The van der Waals surface area contributed by atoms with Gasteiger partial charge in [0.15, 0.2) is 0 Å². The number of aliphatic hydroxyl groups is 2. The molecule has 0 radical (unpaired) electrons. The van der Waals surface area contributed by atoms with E-state index in [1.165, 1.54) is 6.42 Å². The van der Waals surface area contributed by atoms with Crippen molar-refractivity contribution in [2.24, 2.45) is 0 Å². The molecule has 0 aliphatic carbocycles. The lowest BCUT2D eigenvalue weighted by molar-refractivity contribution is -0.147. The number of allylic oxidation sites excluding steroid dienone is 1. The van der Waals surface area contributed by atoms with Crippen molar-refractivity contribution in [3.63, 3.8) is 0 Å². The maximum absolute atomic E-state index is 11.2. The molecule has 0 fully saturated rings. The van der Waals surface area contributed by atoms with Crippen molar-refractivity contribution in [3.05, 3.63) is 12.7 Å². The van der Waals surface area contributed by atoms with Crippen LogP contribution in [0.1, 0.15) is 44.9 Å². The van der Waals surface area contributed by atoms with E-state index < -0.39 is 6.10 Å². The summed E-state index contributed by atoms with van der Waals surface area (Å²) in [5.74, 6) is -0.302. The Balaban J connectivity index is 3.24. The van der Waals surface area contributed by atoms with E-state index in [4.69, 9.17) is 14.9 Å². The standard InChI is InChI=1S/C13H24O4/c1-2-3-4-5-6-7-8-9-13(16)17-11-12(15)10-14/h2,12,14-15H,1,3-11H2. The van der Waals surface area contributed by atoms with Crippen molar-refractivity contribution < 1.29 is 19.7 Å². The van der Waals surface area contributed by atoms with Crippen LogP contribution in [0.25, 0.3) is 0 Å². The highest BCUT2D eigenvalue weighted by Crippen LogP contribution is 2.07. The van der Waals surface area contributed by atoms with E-state index >= 15 is 0 Å². The van der Waals surface area contributed by atoms with E-state index in [0.29, 0.717) is 6.42 Å². The second-order valence-corrected chi connectivity index (χ2v) is 4.11. The van der Waals surface area contributed by atoms with Gasteiger partial charge in [0.1, 0.15) is 12.7 Å². The number of esters is 1. The summed E-state index contributed by atoms with van der Waals surface area (Å²) < 4.78 is 4.78. The van der Waals surface area contributed by atoms with Crippen molar-refractivity contribution in [1.29, 1.82) is 0 Å². The topological polar surface area (TPSA) is 66.8 Å². The van der Waals surface area contributed by atoms with Crippen LogP contribution in [0.5, 0.6) is 0 Å². The van der Waals surface area contributed by atoms with Gasteiger partial charge in [0.25, 0.3) is 0 Å². The molecule has 17 heavy (non-hydrogen) atoms. The predicted molar refractivity (Wildman–Crippen MR) is 66.6 cm³/mol. The van der Waals surface area contributed by atoms with Gasteiger partial charge in [-0.15, -0.1) is 6.58 Å². The molecule has 0 saturated heterocycles. The number of carbonyl (C=O) groups excluding carboxylic acids is 1. The minimum Gasteiger partial charge on any atom is -0.463 e. The fraction of sp³-hybridized carbons (Fsp3) is 0.769. The first kappa shape index (κ1) is 16.1. The normalized spacial score (nSPS) is 12.1. The van der Waals surface area contributed by atoms with Crippen LogP contribution in [-0.2, 0) is 9.53 Å². The van der Waals surface area contributed by atoms with E-state index in [9.17, 15) is 4.79 Å². The van der Waals surface area contributed by atoms with Crippen LogP contribution < -0.4 is 0 Å². The fourth-order valence-electron chi connectivity index (χ4n) is 1.40. The van der Waals surface area contributed by atoms with Crippen molar-refractivity contribution >= 4 is 5.97 Å². The second-order valence-electron chi connectivity index (χ2n) is 4.11. The van der Waals surface area contributed by atoms with Gasteiger partial charge in [0.2, 0.25) is 0 Å². The molecule has 0 aliphatic heterocycles. The molecule has 1 unspecified atom stereocenters. The number of ether oxygens (including phenoxy) is 1. The summed E-state index contributed by atoms with van der Waals surface area (Å²) >= 11 is 0. The van der Waals surface area contributed by atoms with Crippen LogP contribution in [0.2, 0.25) is 0 Å². The Morgan fingerprint density at radius 3 is 2.53 bits per heavy atom. The van der Waals surface area contributed by atoms with Crippen LogP contribution in [0.4, 0.5) is 0 Å². The zero-order chi connectivity index (χ0) is 12.9. The first-order valence-corrected chi connectivity index (χ1v) is 6.26. The van der Waals surface area contributed by atoms with Gasteiger partial charge >= 0.3 is 5.97 Å². The highest BCUT2D eigenvalue weighted by atomic mass is 16.5. The minimum absolute atomic E-state index is 0.116. The van der Waals surface area contributed by atoms with Gasteiger partial charge < -0.3 is 14.9 Å². The lowest BCUT2D eigenvalue weighted by Crippen LogP contribution is -2.21. The Kier molecular flexibility index (Phi) is 11.0. The number of carbonyl (C=O) groups is 1. The summed E-state index contributed by atoms with van der Waals surface area (Å²) in [6.45, 7) is 3.17. The van der Waals surface area contributed by atoms with Gasteiger partial charge in [0.05, 0.1) is 6.61 Å². The zero-order valence-electron chi connectivity index (χ0n) is 10.4. The second kappa shape index (κ2) is 11.6. The SMILES string of the molecule is C=CCCCCCCCC(=O)OCC(O)CO. The first-order valence-electron chi connectivity index (χ1n) is 6.26. The lowest BCUT2D eigenvalue weighted by atomic mass is 10.1. The molecule has 0 aliphatic rings. The van der Waals surface area contributed by atoms with Crippen LogP contribution in [-0.4, -0.2) is 35.5 Å². The zero-order valence-corrected chi connectivity index (χ0v) is 10.4. The summed E-state index contributed by atoms with van der Waals surface area (Å²) in [6, 6.07) is 0. The highest BCUT2D eigenvalue weighted by molar-refractivity contribution is 5.69. The van der Waals surface area contributed by atoms with Gasteiger partial charge in [0, 0.05) is 6.42 Å². The Labute approximate surface area is 103 Å². The Bertz CT molecular complexity index is 204. The molecule has 4 nitrogen and oxygen atoms in total. The van der Waals surface area contributed by atoms with Crippen LogP contribution in [0, 0.1) is 0 Å². The minimum atomic E-state index is -0.960. The third kappa shape index (κ3) is 11.4.